The topological polar surface area (TPSA) is 44.5 Å². The van der Waals surface area contributed by atoms with Crippen molar-refractivity contribution in [3.63, 3.8) is 0 Å². The summed E-state index contributed by atoms with van der Waals surface area (Å²) in [5.74, 6) is 1.94. The van der Waals surface area contributed by atoms with Crippen molar-refractivity contribution in [1.82, 2.24) is 0 Å². The van der Waals surface area contributed by atoms with E-state index in [4.69, 9.17) is 15.2 Å². The summed E-state index contributed by atoms with van der Waals surface area (Å²) in [6.45, 7) is 4.66. The molecule has 1 aromatic carbocycles. The average Bonchev–Trinajstić information content (AvgIpc) is 2.72. The molecule has 1 heterocycles. The van der Waals surface area contributed by atoms with Gasteiger partial charge in [-0.25, -0.2) is 0 Å². The Bertz CT molecular complexity index is 363. The van der Waals surface area contributed by atoms with E-state index in [1.165, 1.54) is 5.56 Å². The number of nitrogens with two attached hydrogens (primary N) is 1. The van der Waals surface area contributed by atoms with E-state index in [2.05, 4.69) is 6.58 Å². The molecule has 1 aliphatic rings. The molecule has 1 atom stereocenters. The van der Waals surface area contributed by atoms with E-state index in [1.54, 1.807) is 0 Å². The van der Waals surface area contributed by atoms with Gasteiger partial charge in [0.1, 0.15) is 0 Å². The maximum Gasteiger partial charge on any atom is 0.231 e. The van der Waals surface area contributed by atoms with E-state index < -0.39 is 0 Å². The maximum absolute atomic E-state index is 5.72. The van der Waals surface area contributed by atoms with Crippen molar-refractivity contribution in [2.24, 2.45) is 5.73 Å². The van der Waals surface area contributed by atoms with Gasteiger partial charge in [-0.15, -0.1) is 6.58 Å². The molecular weight excluding hydrogens is 190 g/mol. The van der Waals surface area contributed by atoms with Gasteiger partial charge < -0.3 is 15.2 Å². The number of hydrogen-bond donors (Lipinski definition) is 1. The average molecular weight is 205 g/mol. The number of allylic oxidation sites excluding steroid dienone is 1. The lowest BCUT2D eigenvalue weighted by atomic mass is 9.95. The van der Waals surface area contributed by atoms with Crippen LogP contribution in [0.25, 0.3) is 0 Å². The lowest BCUT2D eigenvalue weighted by molar-refractivity contribution is 0.174. The molecule has 0 bridgehead atoms. The molecule has 3 nitrogen and oxygen atoms in total. The van der Waals surface area contributed by atoms with Gasteiger partial charge in [0.05, 0.1) is 0 Å². The molecule has 0 aromatic heterocycles. The van der Waals surface area contributed by atoms with Gasteiger partial charge in [-0.1, -0.05) is 12.1 Å². The first-order valence-electron chi connectivity index (χ1n) is 5.05. The summed E-state index contributed by atoms with van der Waals surface area (Å²) in [5.41, 5.74) is 6.90. The molecule has 0 amide bonds. The van der Waals surface area contributed by atoms with Gasteiger partial charge in [0.25, 0.3) is 0 Å². The Kier molecular flexibility index (Phi) is 2.92. The van der Waals surface area contributed by atoms with Gasteiger partial charge in [-0.05, 0) is 36.6 Å². The zero-order chi connectivity index (χ0) is 10.7. The van der Waals surface area contributed by atoms with Crippen molar-refractivity contribution >= 4 is 0 Å². The number of rotatable bonds is 4. The zero-order valence-corrected chi connectivity index (χ0v) is 8.61. The third-order valence-electron chi connectivity index (χ3n) is 2.60. The van der Waals surface area contributed by atoms with Crippen molar-refractivity contribution in [3.8, 4) is 11.5 Å². The van der Waals surface area contributed by atoms with Crippen LogP contribution in [0.4, 0.5) is 0 Å². The van der Waals surface area contributed by atoms with Gasteiger partial charge in [-0.3, -0.25) is 0 Å². The van der Waals surface area contributed by atoms with E-state index in [9.17, 15) is 0 Å². The van der Waals surface area contributed by atoms with Crippen molar-refractivity contribution in [2.45, 2.75) is 12.3 Å². The van der Waals surface area contributed by atoms with Crippen molar-refractivity contribution < 1.29 is 9.47 Å². The Labute approximate surface area is 89.5 Å². The third-order valence-corrected chi connectivity index (χ3v) is 2.60. The van der Waals surface area contributed by atoms with E-state index in [1.807, 2.05) is 24.3 Å². The Hall–Kier alpha value is -1.48. The van der Waals surface area contributed by atoms with Crippen LogP contribution in [0, 0.1) is 0 Å². The van der Waals surface area contributed by atoms with Gasteiger partial charge in [0.2, 0.25) is 6.79 Å². The highest BCUT2D eigenvalue weighted by Gasteiger charge is 2.16. The van der Waals surface area contributed by atoms with Crippen LogP contribution in [-0.4, -0.2) is 13.3 Å². The number of benzene rings is 1. The quantitative estimate of drug-likeness (QED) is 0.765. The Morgan fingerprint density at radius 2 is 2.20 bits per heavy atom. The lowest BCUT2D eigenvalue weighted by Crippen LogP contribution is -2.11. The summed E-state index contributed by atoms with van der Waals surface area (Å²) >= 11 is 0. The van der Waals surface area contributed by atoms with Crippen molar-refractivity contribution in [2.75, 3.05) is 13.3 Å². The Morgan fingerprint density at radius 1 is 1.40 bits per heavy atom. The monoisotopic (exact) mass is 205 g/mol. The fourth-order valence-electron chi connectivity index (χ4n) is 1.74. The van der Waals surface area contributed by atoms with E-state index in [-0.39, 0.29) is 0 Å². The number of hydrogen-bond acceptors (Lipinski definition) is 3. The fraction of sp³-hybridized carbons (Fsp3) is 0.333. The summed E-state index contributed by atoms with van der Waals surface area (Å²) in [6.07, 6.45) is 2.78. The summed E-state index contributed by atoms with van der Waals surface area (Å²) < 4.78 is 10.6. The number of fused-ring (bicyclic) bond motifs is 1. The molecule has 0 spiro atoms. The van der Waals surface area contributed by atoms with Gasteiger partial charge in [0.15, 0.2) is 11.5 Å². The normalized spacial score (nSPS) is 15.0. The Morgan fingerprint density at radius 3 is 2.93 bits per heavy atom. The van der Waals surface area contributed by atoms with E-state index in [0.717, 1.165) is 17.9 Å². The highest BCUT2D eigenvalue weighted by atomic mass is 16.7. The first-order chi connectivity index (χ1) is 7.35. The van der Waals surface area contributed by atoms with Gasteiger partial charge >= 0.3 is 0 Å². The predicted octanol–water partition coefficient (Wildman–Crippen LogP) is 2.03. The second-order valence-electron chi connectivity index (χ2n) is 3.57. The summed E-state index contributed by atoms with van der Waals surface area (Å²) in [6, 6.07) is 5.97. The van der Waals surface area contributed by atoms with Crippen LogP contribution in [-0.2, 0) is 0 Å². The lowest BCUT2D eigenvalue weighted by Gasteiger charge is -2.13. The minimum Gasteiger partial charge on any atom is -0.454 e. The summed E-state index contributed by atoms with van der Waals surface area (Å²) in [4.78, 5) is 0. The fourth-order valence-corrected chi connectivity index (χ4v) is 1.74. The number of ether oxygens (including phenoxy) is 2. The third kappa shape index (κ3) is 1.97. The van der Waals surface area contributed by atoms with Crippen LogP contribution in [0.3, 0.4) is 0 Å². The molecule has 2 rings (SSSR count). The van der Waals surface area contributed by atoms with Crippen LogP contribution in [0.5, 0.6) is 11.5 Å². The minimum atomic E-state index is 0.313. The van der Waals surface area contributed by atoms with Crippen LogP contribution >= 0.6 is 0 Å². The van der Waals surface area contributed by atoms with E-state index >= 15 is 0 Å². The highest BCUT2D eigenvalue weighted by molar-refractivity contribution is 5.45. The van der Waals surface area contributed by atoms with Crippen LogP contribution < -0.4 is 15.2 Å². The molecule has 0 saturated carbocycles. The molecule has 0 fully saturated rings. The molecule has 1 aromatic rings. The smallest absolute Gasteiger partial charge is 0.231 e. The zero-order valence-electron chi connectivity index (χ0n) is 8.61. The summed E-state index contributed by atoms with van der Waals surface area (Å²) in [7, 11) is 0. The SMILES string of the molecule is C=CCC(CN)c1ccc2c(c1)OCO2. The van der Waals surface area contributed by atoms with Gasteiger partial charge in [0, 0.05) is 0 Å². The van der Waals surface area contributed by atoms with Crippen LogP contribution in [0.2, 0.25) is 0 Å². The minimum absolute atomic E-state index is 0.313. The molecule has 2 N–H and O–H groups in total. The van der Waals surface area contributed by atoms with Crippen LogP contribution in [0.15, 0.2) is 30.9 Å². The highest BCUT2D eigenvalue weighted by Crippen LogP contribution is 2.35. The van der Waals surface area contributed by atoms with Gasteiger partial charge in [-0.2, -0.15) is 0 Å². The van der Waals surface area contributed by atoms with E-state index in [0.29, 0.717) is 19.3 Å². The first-order valence-corrected chi connectivity index (χ1v) is 5.05. The molecule has 15 heavy (non-hydrogen) atoms. The predicted molar refractivity (Wildman–Crippen MR) is 59.2 cm³/mol. The maximum atomic E-state index is 5.72. The van der Waals surface area contributed by atoms with Crippen molar-refractivity contribution in [1.29, 1.82) is 0 Å². The molecule has 0 saturated heterocycles. The molecule has 0 radical (unpaired) electrons. The first kappa shape index (κ1) is 10.1. The molecular formula is C12H15NO2. The van der Waals surface area contributed by atoms with Crippen molar-refractivity contribution in [3.05, 3.63) is 36.4 Å². The second kappa shape index (κ2) is 4.36. The largest absolute Gasteiger partial charge is 0.454 e. The standard InChI is InChI=1S/C12H15NO2/c1-2-3-10(7-13)9-4-5-11-12(6-9)15-8-14-11/h2,4-6,10H,1,3,7-8,13H2. The second-order valence-corrected chi connectivity index (χ2v) is 3.57. The summed E-state index contributed by atoms with van der Waals surface area (Å²) in [5, 5.41) is 0. The van der Waals surface area contributed by atoms with Crippen LogP contribution in [0.1, 0.15) is 17.9 Å². The molecule has 3 heteroatoms. The molecule has 80 valence electrons. The molecule has 1 aliphatic heterocycles. The Balaban J connectivity index is 2.24. The molecule has 0 aliphatic carbocycles. The molecule has 1 unspecified atom stereocenters.